The highest BCUT2D eigenvalue weighted by Crippen LogP contribution is 2.47. The van der Waals surface area contributed by atoms with E-state index in [0.717, 1.165) is 24.1 Å². The molecule has 2 atom stereocenters. The molecule has 2 aromatic rings. The molecule has 0 heterocycles. The fraction of sp³-hybridized carbons (Fsp3) is 0.462. The number of aryl methyl sites for hydroxylation is 2. The van der Waals surface area contributed by atoms with Gasteiger partial charge in [0.25, 0.3) is 0 Å². The summed E-state index contributed by atoms with van der Waals surface area (Å²) < 4.78 is 0. The molecular formula is C26H32N2O. The van der Waals surface area contributed by atoms with E-state index in [-0.39, 0.29) is 17.2 Å². The zero-order valence-corrected chi connectivity index (χ0v) is 18.1. The topological polar surface area (TPSA) is 41.5 Å². The van der Waals surface area contributed by atoms with Crippen molar-refractivity contribution >= 4 is 11.6 Å². The van der Waals surface area contributed by atoms with Crippen molar-refractivity contribution in [3.63, 3.8) is 0 Å². The molecule has 0 aromatic heterocycles. The minimum absolute atomic E-state index is 0.0345. The molecule has 152 valence electrons. The van der Waals surface area contributed by atoms with Gasteiger partial charge in [0.1, 0.15) is 0 Å². The van der Waals surface area contributed by atoms with Crippen LogP contribution < -0.4 is 5.43 Å². The molecule has 3 heteroatoms. The Kier molecular flexibility index (Phi) is 5.33. The summed E-state index contributed by atoms with van der Waals surface area (Å²) in [6.45, 7) is 8.63. The van der Waals surface area contributed by atoms with E-state index in [9.17, 15) is 4.79 Å². The highest BCUT2D eigenvalue weighted by Gasteiger charge is 2.44. The van der Waals surface area contributed by atoms with Crippen molar-refractivity contribution in [2.24, 2.45) is 11.0 Å². The Labute approximate surface area is 174 Å². The average Bonchev–Trinajstić information content (AvgIpc) is 3.52. The number of benzene rings is 2. The van der Waals surface area contributed by atoms with Gasteiger partial charge >= 0.3 is 0 Å². The predicted octanol–water partition coefficient (Wildman–Crippen LogP) is 5.51. The van der Waals surface area contributed by atoms with Crippen LogP contribution in [0.1, 0.15) is 80.7 Å². The molecule has 1 fully saturated rings. The van der Waals surface area contributed by atoms with Gasteiger partial charge in [0.2, 0.25) is 5.91 Å². The summed E-state index contributed by atoms with van der Waals surface area (Å²) in [7, 11) is 0. The van der Waals surface area contributed by atoms with Gasteiger partial charge in [-0.05, 0) is 84.2 Å². The van der Waals surface area contributed by atoms with E-state index < -0.39 is 0 Å². The molecule has 2 aromatic carbocycles. The molecule has 1 amide bonds. The van der Waals surface area contributed by atoms with Crippen LogP contribution in [0.15, 0.2) is 47.6 Å². The van der Waals surface area contributed by atoms with Gasteiger partial charge in [0.05, 0.1) is 5.71 Å². The van der Waals surface area contributed by atoms with Gasteiger partial charge in [-0.1, -0.05) is 57.2 Å². The first-order chi connectivity index (χ1) is 13.8. The standard InChI is InChI=1S/C26H32N2O/c1-17(20-10-9-18-7-5-6-8-21(18)15-20)27-28-25(29)24-16-23(24)19-11-13-22(14-12-19)26(2,3)4/h9-15,23-24H,5-8,16H2,1-4H3,(H,28,29)/t23-,24+/m1/s1. The largest absolute Gasteiger partial charge is 0.273 e. The van der Waals surface area contributed by atoms with Crippen LogP contribution in [0.5, 0.6) is 0 Å². The van der Waals surface area contributed by atoms with E-state index in [4.69, 9.17) is 0 Å². The summed E-state index contributed by atoms with van der Waals surface area (Å²) in [4.78, 5) is 12.6. The van der Waals surface area contributed by atoms with Crippen molar-refractivity contribution < 1.29 is 4.79 Å². The van der Waals surface area contributed by atoms with Gasteiger partial charge in [0.15, 0.2) is 0 Å². The number of carbonyl (C=O) groups is 1. The van der Waals surface area contributed by atoms with Crippen molar-refractivity contribution in [1.82, 2.24) is 5.43 Å². The molecule has 0 saturated heterocycles. The molecule has 3 nitrogen and oxygen atoms in total. The lowest BCUT2D eigenvalue weighted by Gasteiger charge is -2.19. The van der Waals surface area contributed by atoms with Crippen LogP contribution in [0.3, 0.4) is 0 Å². The van der Waals surface area contributed by atoms with Gasteiger partial charge in [0, 0.05) is 5.92 Å². The Bertz CT molecular complexity index is 934. The fourth-order valence-corrected chi connectivity index (χ4v) is 4.33. The van der Waals surface area contributed by atoms with Crippen LogP contribution in [0.25, 0.3) is 0 Å². The van der Waals surface area contributed by atoms with Crippen molar-refractivity contribution in [3.05, 3.63) is 70.3 Å². The van der Waals surface area contributed by atoms with Crippen LogP contribution in [0.2, 0.25) is 0 Å². The Morgan fingerprint density at radius 2 is 1.69 bits per heavy atom. The van der Waals surface area contributed by atoms with Crippen LogP contribution in [0.4, 0.5) is 0 Å². The first kappa shape index (κ1) is 19.9. The number of hydrogen-bond donors (Lipinski definition) is 1. The van der Waals surface area contributed by atoms with Crippen LogP contribution in [-0.2, 0) is 23.1 Å². The minimum Gasteiger partial charge on any atom is -0.273 e. The zero-order chi connectivity index (χ0) is 20.6. The molecule has 2 aliphatic rings. The second kappa shape index (κ2) is 7.78. The molecule has 29 heavy (non-hydrogen) atoms. The van der Waals surface area contributed by atoms with Gasteiger partial charge < -0.3 is 0 Å². The quantitative estimate of drug-likeness (QED) is 0.545. The van der Waals surface area contributed by atoms with Crippen LogP contribution in [0, 0.1) is 5.92 Å². The van der Waals surface area contributed by atoms with E-state index >= 15 is 0 Å². The lowest BCUT2D eigenvalue weighted by molar-refractivity contribution is -0.122. The van der Waals surface area contributed by atoms with E-state index in [1.807, 2.05) is 6.92 Å². The van der Waals surface area contributed by atoms with E-state index in [2.05, 4.69) is 73.8 Å². The number of hydrazone groups is 1. The lowest BCUT2D eigenvalue weighted by Crippen LogP contribution is -2.21. The Hall–Kier alpha value is -2.42. The number of hydrogen-bond acceptors (Lipinski definition) is 2. The van der Waals surface area contributed by atoms with Gasteiger partial charge in [-0.15, -0.1) is 0 Å². The molecule has 0 radical (unpaired) electrons. The molecule has 4 rings (SSSR count). The number of carbonyl (C=O) groups excluding carboxylic acids is 1. The highest BCUT2D eigenvalue weighted by molar-refractivity contribution is 5.99. The first-order valence-electron chi connectivity index (χ1n) is 10.9. The summed E-state index contributed by atoms with van der Waals surface area (Å²) in [5, 5.41) is 4.40. The minimum atomic E-state index is 0.0345. The summed E-state index contributed by atoms with van der Waals surface area (Å²) >= 11 is 0. The summed E-state index contributed by atoms with van der Waals surface area (Å²) in [6.07, 6.45) is 5.80. The molecule has 0 aliphatic heterocycles. The van der Waals surface area contributed by atoms with Crippen LogP contribution >= 0.6 is 0 Å². The predicted molar refractivity (Wildman–Crippen MR) is 119 cm³/mol. The third-order valence-corrected chi connectivity index (χ3v) is 6.43. The summed E-state index contributed by atoms with van der Waals surface area (Å²) in [5.41, 5.74) is 10.4. The maximum atomic E-state index is 12.6. The number of rotatable bonds is 4. The Morgan fingerprint density at radius 1 is 1.00 bits per heavy atom. The second-order valence-electron chi connectivity index (χ2n) is 9.68. The molecular weight excluding hydrogens is 356 g/mol. The van der Waals surface area contributed by atoms with Gasteiger partial charge in [-0.25, -0.2) is 5.43 Å². The molecule has 1 saturated carbocycles. The average molecular weight is 389 g/mol. The maximum Gasteiger partial charge on any atom is 0.243 e. The van der Waals surface area contributed by atoms with Gasteiger partial charge in [-0.2, -0.15) is 5.10 Å². The second-order valence-corrected chi connectivity index (χ2v) is 9.68. The highest BCUT2D eigenvalue weighted by atomic mass is 16.2. The molecule has 0 bridgehead atoms. The number of nitrogens with zero attached hydrogens (tertiary/aromatic N) is 1. The van der Waals surface area contributed by atoms with Gasteiger partial charge in [-0.3, -0.25) is 4.79 Å². The van der Waals surface area contributed by atoms with Crippen molar-refractivity contribution in [2.45, 2.75) is 71.1 Å². The van der Waals surface area contributed by atoms with E-state index in [1.165, 1.54) is 41.5 Å². The smallest absolute Gasteiger partial charge is 0.243 e. The number of nitrogens with one attached hydrogen (secondary N) is 1. The Balaban J connectivity index is 1.36. The number of amides is 1. The van der Waals surface area contributed by atoms with E-state index in [0.29, 0.717) is 5.92 Å². The lowest BCUT2D eigenvalue weighted by atomic mass is 9.86. The Morgan fingerprint density at radius 3 is 2.38 bits per heavy atom. The molecule has 1 N–H and O–H groups in total. The SMILES string of the molecule is CC(=NNC(=O)[C@H]1C[C@@H]1c1ccc(C(C)(C)C)cc1)c1ccc2c(c1)CCCC2. The third kappa shape index (κ3) is 4.44. The first-order valence-corrected chi connectivity index (χ1v) is 10.9. The summed E-state index contributed by atoms with van der Waals surface area (Å²) in [6, 6.07) is 15.4. The van der Waals surface area contributed by atoms with Crippen LogP contribution in [-0.4, -0.2) is 11.6 Å². The summed E-state index contributed by atoms with van der Waals surface area (Å²) in [5.74, 6) is 0.394. The third-order valence-electron chi connectivity index (χ3n) is 6.43. The normalized spacial score (nSPS) is 21.4. The van der Waals surface area contributed by atoms with Crippen molar-refractivity contribution in [1.29, 1.82) is 0 Å². The fourth-order valence-electron chi connectivity index (χ4n) is 4.33. The monoisotopic (exact) mass is 388 g/mol. The number of fused-ring (bicyclic) bond motifs is 1. The molecule has 0 unspecified atom stereocenters. The molecule has 0 spiro atoms. The molecule has 2 aliphatic carbocycles. The van der Waals surface area contributed by atoms with Crippen molar-refractivity contribution in [2.75, 3.05) is 0 Å². The van der Waals surface area contributed by atoms with Crippen molar-refractivity contribution in [3.8, 4) is 0 Å². The van der Waals surface area contributed by atoms with E-state index in [1.54, 1.807) is 0 Å². The maximum absolute atomic E-state index is 12.6. The zero-order valence-electron chi connectivity index (χ0n) is 18.1.